The van der Waals surface area contributed by atoms with Crippen LogP contribution in [0, 0.1) is 6.92 Å². The largest absolute Gasteiger partial charge is 0.459 e. The lowest BCUT2D eigenvalue weighted by Crippen LogP contribution is -2.25. The van der Waals surface area contributed by atoms with E-state index in [1.807, 2.05) is 19.1 Å². The second-order valence-corrected chi connectivity index (χ2v) is 6.15. The Morgan fingerprint density at radius 3 is 2.92 bits per heavy atom. The normalized spacial score (nSPS) is 17.7. The fourth-order valence-electron chi connectivity index (χ4n) is 2.96. The van der Waals surface area contributed by atoms with E-state index in [0.717, 1.165) is 11.3 Å². The van der Waals surface area contributed by atoms with Gasteiger partial charge in [0.15, 0.2) is 11.6 Å². The van der Waals surface area contributed by atoms with Crippen LogP contribution in [0.3, 0.4) is 0 Å². The van der Waals surface area contributed by atoms with Crippen molar-refractivity contribution >= 4 is 23.2 Å². The van der Waals surface area contributed by atoms with E-state index in [1.54, 1.807) is 29.4 Å². The van der Waals surface area contributed by atoms with Crippen molar-refractivity contribution in [2.24, 2.45) is 0 Å². The number of aryl methyl sites for hydroxylation is 1. The van der Waals surface area contributed by atoms with Crippen molar-refractivity contribution in [3.05, 3.63) is 53.0 Å². The third kappa shape index (κ3) is 2.49. The zero-order valence-corrected chi connectivity index (χ0v) is 13.7. The molecule has 1 aliphatic rings. The number of hydrogen-bond donors (Lipinski definition) is 0. The van der Waals surface area contributed by atoms with Gasteiger partial charge in [0.25, 0.3) is 5.89 Å². The Morgan fingerprint density at radius 1 is 1.29 bits per heavy atom. The average molecular weight is 344 g/mol. The second-order valence-electron chi connectivity index (χ2n) is 5.75. The van der Waals surface area contributed by atoms with E-state index in [1.165, 1.54) is 0 Å². The number of anilines is 1. The van der Waals surface area contributed by atoms with Gasteiger partial charge >= 0.3 is 0 Å². The van der Waals surface area contributed by atoms with Crippen LogP contribution in [0.5, 0.6) is 0 Å². The molecule has 1 atom stereocenters. The van der Waals surface area contributed by atoms with E-state index in [-0.39, 0.29) is 11.8 Å². The summed E-state index contributed by atoms with van der Waals surface area (Å²) in [7, 11) is 0. The molecule has 4 rings (SSSR count). The van der Waals surface area contributed by atoms with Crippen LogP contribution < -0.4 is 4.90 Å². The van der Waals surface area contributed by atoms with Gasteiger partial charge < -0.3 is 13.8 Å². The molecule has 0 radical (unpaired) electrons. The van der Waals surface area contributed by atoms with Crippen LogP contribution in [-0.4, -0.2) is 22.6 Å². The summed E-state index contributed by atoms with van der Waals surface area (Å²) in [4.78, 5) is 18.5. The first kappa shape index (κ1) is 15.0. The molecule has 1 amide bonds. The van der Waals surface area contributed by atoms with Crippen LogP contribution in [0.2, 0.25) is 5.02 Å². The van der Waals surface area contributed by atoms with Crippen LogP contribution in [0.4, 0.5) is 5.69 Å². The van der Waals surface area contributed by atoms with Gasteiger partial charge in [-0.2, -0.15) is 4.98 Å². The summed E-state index contributed by atoms with van der Waals surface area (Å²) in [5.41, 5.74) is 1.71. The maximum Gasteiger partial charge on any atom is 0.293 e. The summed E-state index contributed by atoms with van der Waals surface area (Å²) >= 11 is 6.28. The van der Waals surface area contributed by atoms with E-state index in [4.69, 9.17) is 20.5 Å². The molecule has 0 spiro atoms. The highest BCUT2D eigenvalue weighted by molar-refractivity contribution is 6.34. The lowest BCUT2D eigenvalue weighted by molar-refractivity contribution is -0.117. The molecule has 3 heterocycles. The first-order chi connectivity index (χ1) is 11.6. The zero-order valence-electron chi connectivity index (χ0n) is 12.9. The van der Waals surface area contributed by atoms with Gasteiger partial charge in [-0.15, -0.1) is 0 Å². The zero-order chi connectivity index (χ0) is 16.7. The maximum absolute atomic E-state index is 12.5. The van der Waals surface area contributed by atoms with Crippen molar-refractivity contribution in [2.45, 2.75) is 19.3 Å². The molecule has 1 aliphatic heterocycles. The first-order valence-corrected chi connectivity index (χ1v) is 7.94. The fraction of sp³-hybridized carbons (Fsp3) is 0.235. The Labute approximate surface area is 143 Å². The van der Waals surface area contributed by atoms with Crippen molar-refractivity contribution in [1.82, 2.24) is 10.1 Å². The van der Waals surface area contributed by atoms with Gasteiger partial charge in [0.2, 0.25) is 5.91 Å². The maximum atomic E-state index is 12.5. The predicted octanol–water partition coefficient (Wildman–Crippen LogP) is 3.81. The number of halogens is 1. The van der Waals surface area contributed by atoms with Gasteiger partial charge in [0, 0.05) is 18.9 Å². The van der Waals surface area contributed by atoms with Crippen LogP contribution >= 0.6 is 11.6 Å². The third-order valence-electron chi connectivity index (χ3n) is 4.12. The molecule has 6 nitrogen and oxygen atoms in total. The van der Waals surface area contributed by atoms with E-state index < -0.39 is 0 Å². The van der Waals surface area contributed by atoms with Crippen molar-refractivity contribution in [2.75, 3.05) is 11.4 Å². The van der Waals surface area contributed by atoms with Crippen molar-refractivity contribution < 1.29 is 13.7 Å². The quantitative estimate of drug-likeness (QED) is 0.723. The van der Waals surface area contributed by atoms with Crippen molar-refractivity contribution in [3.8, 4) is 11.7 Å². The number of nitrogens with zero attached hydrogens (tertiary/aromatic N) is 3. The molecule has 1 fully saturated rings. The Bertz CT molecular complexity index is 868. The molecule has 0 bridgehead atoms. The predicted molar refractivity (Wildman–Crippen MR) is 87.9 cm³/mol. The smallest absolute Gasteiger partial charge is 0.293 e. The molecule has 122 valence electrons. The Hall–Kier alpha value is -2.60. The summed E-state index contributed by atoms with van der Waals surface area (Å²) in [5, 5.41) is 4.57. The lowest BCUT2D eigenvalue weighted by atomic mass is 10.1. The molecular formula is C17H14ClN3O3. The monoisotopic (exact) mass is 343 g/mol. The van der Waals surface area contributed by atoms with Crippen molar-refractivity contribution in [3.63, 3.8) is 0 Å². The van der Waals surface area contributed by atoms with Crippen LogP contribution in [0.25, 0.3) is 11.7 Å². The molecule has 1 saturated heterocycles. The molecule has 24 heavy (non-hydrogen) atoms. The minimum absolute atomic E-state index is 0.000508. The molecule has 0 saturated carbocycles. The molecular weight excluding hydrogens is 330 g/mol. The van der Waals surface area contributed by atoms with Gasteiger partial charge in [0.1, 0.15) is 0 Å². The van der Waals surface area contributed by atoms with Crippen molar-refractivity contribution in [1.29, 1.82) is 0 Å². The van der Waals surface area contributed by atoms with Gasteiger partial charge in [-0.25, -0.2) is 0 Å². The first-order valence-electron chi connectivity index (χ1n) is 7.56. The van der Waals surface area contributed by atoms with Gasteiger partial charge in [-0.1, -0.05) is 28.9 Å². The summed E-state index contributed by atoms with van der Waals surface area (Å²) in [6.45, 7) is 2.41. The highest BCUT2D eigenvalue weighted by Gasteiger charge is 2.36. The SMILES string of the molecule is Cc1cccc(Cl)c1N1CC(c2noc(-c3ccco3)n2)CC1=O. The minimum Gasteiger partial charge on any atom is -0.459 e. The number of carbonyl (C=O) groups is 1. The number of carbonyl (C=O) groups excluding carboxylic acids is 1. The number of aromatic nitrogens is 2. The number of para-hydroxylation sites is 1. The summed E-state index contributed by atoms with van der Waals surface area (Å²) in [6, 6.07) is 9.09. The van der Waals surface area contributed by atoms with Crippen LogP contribution in [0.15, 0.2) is 45.5 Å². The fourth-order valence-corrected chi connectivity index (χ4v) is 3.29. The molecule has 1 aromatic carbocycles. The van der Waals surface area contributed by atoms with E-state index >= 15 is 0 Å². The second kappa shape index (κ2) is 5.79. The summed E-state index contributed by atoms with van der Waals surface area (Å²) in [6.07, 6.45) is 1.86. The highest BCUT2D eigenvalue weighted by atomic mass is 35.5. The van der Waals surface area contributed by atoms with Gasteiger partial charge in [0.05, 0.1) is 17.0 Å². The topological polar surface area (TPSA) is 72.4 Å². The number of amides is 1. The van der Waals surface area contributed by atoms with Gasteiger partial charge in [-0.05, 0) is 30.7 Å². The summed E-state index contributed by atoms with van der Waals surface area (Å²) in [5.74, 6) is 1.19. The third-order valence-corrected chi connectivity index (χ3v) is 4.43. The minimum atomic E-state index is -0.138. The lowest BCUT2D eigenvalue weighted by Gasteiger charge is -2.20. The molecule has 0 aliphatic carbocycles. The van der Waals surface area contributed by atoms with Crippen LogP contribution in [0.1, 0.15) is 23.7 Å². The number of furan rings is 1. The molecule has 0 N–H and O–H groups in total. The Kier molecular flexibility index (Phi) is 3.61. The standard InChI is InChI=1S/C17H14ClN3O3/c1-10-4-2-5-12(18)15(10)21-9-11(8-14(21)22)16-19-17(24-20-16)13-6-3-7-23-13/h2-7,11H,8-9H2,1H3. The van der Waals surface area contributed by atoms with Crippen LogP contribution in [-0.2, 0) is 4.79 Å². The number of rotatable bonds is 3. The number of hydrogen-bond acceptors (Lipinski definition) is 5. The Morgan fingerprint density at radius 2 is 2.17 bits per heavy atom. The average Bonchev–Trinajstić information content (AvgIpc) is 3.26. The van der Waals surface area contributed by atoms with E-state index in [2.05, 4.69) is 10.1 Å². The summed E-state index contributed by atoms with van der Waals surface area (Å²) < 4.78 is 10.5. The molecule has 3 aromatic rings. The molecule has 1 unspecified atom stereocenters. The van der Waals surface area contributed by atoms with Gasteiger partial charge in [-0.3, -0.25) is 4.79 Å². The van der Waals surface area contributed by atoms with E-state index in [9.17, 15) is 4.79 Å². The Balaban J connectivity index is 1.61. The molecule has 7 heteroatoms. The molecule has 2 aromatic heterocycles. The number of benzene rings is 1. The highest BCUT2D eigenvalue weighted by Crippen LogP contribution is 2.36. The van der Waals surface area contributed by atoms with E-state index in [0.29, 0.717) is 35.5 Å².